The van der Waals surface area contributed by atoms with Crippen LogP contribution in [0.5, 0.6) is 5.75 Å². The van der Waals surface area contributed by atoms with Crippen molar-refractivity contribution in [3.05, 3.63) is 59.4 Å². The summed E-state index contributed by atoms with van der Waals surface area (Å²) in [5.41, 5.74) is 3.09. The number of benzene rings is 1. The number of pyridine rings is 1. The first kappa shape index (κ1) is 17.5. The van der Waals surface area contributed by atoms with Gasteiger partial charge in [0.25, 0.3) is 0 Å². The van der Waals surface area contributed by atoms with Crippen LogP contribution < -0.4 is 10.1 Å². The van der Waals surface area contributed by atoms with E-state index in [4.69, 9.17) is 4.74 Å². The monoisotopic (exact) mass is 365 g/mol. The molecule has 27 heavy (non-hydrogen) atoms. The summed E-state index contributed by atoms with van der Waals surface area (Å²) >= 11 is 0. The van der Waals surface area contributed by atoms with E-state index in [0.717, 1.165) is 36.5 Å². The van der Waals surface area contributed by atoms with E-state index in [0.29, 0.717) is 19.6 Å². The summed E-state index contributed by atoms with van der Waals surface area (Å²) in [5.74, 6) is 0.581. The van der Waals surface area contributed by atoms with Crippen LogP contribution in [0.1, 0.15) is 29.7 Å². The second-order valence-corrected chi connectivity index (χ2v) is 7.11. The highest BCUT2D eigenvalue weighted by Gasteiger charge is 2.34. The smallest absolute Gasteiger partial charge is 0.225 e. The summed E-state index contributed by atoms with van der Waals surface area (Å²) in [4.78, 5) is 30.7. The Bertz CT molecular complexity index is 838. The molecule has 140 valence electrons. The second-order valence-electron chi connectivity index (χ2n) is 7.11. The van der Waals surface area contributed by atoms with E-state index in [2.05, 4.69) is 16.4 Å². The molecule has 3 heterocycles. The van der Waals surface area contributed by atoms with Crippen molar-refractivity contribution in [3.63, 3.8) is 0 Å². The molecule has 1 saturated heterocycles. The lowest BCUT2D eigenvalue weighted by Crippen LogP contribution is -2.32. The minimum absolute atomic E-state index is 0.00623. The molecule has 1 atom stereocenters. The van der Waals surface area contributed by atoms with E-state index < -0.39 is 0 Å². The lowest BCUT2D eigenvalue weighted by molar-refractivity contribution is -0.129. The standard InChI is InChI=1S/C21H23N3O3/c25-20-11-17(13-24(20)14-18-5-1-2-8-22-18)21(26)23-12-15-6-7-19-16(10-15)4-3-9-27-19/h1-2,5-8,10,17H,3-4,9,11-14H2,(H,23,26). The van der Waals surface area contributed by atoms with E-state index in [1.165, 1.54) is 5.56 Å². The normalized spacial score (nSPS) is 18.7. The SMILES string of the molecule is O=C(NCc1ccc2c(c1)CCCO2)C1CC(=O)N(Cc2ccccn2)C1. The summed E-state index contributed by atoms with van der Waals surface area (Å²) in [6.07, 6.45) is 4.01. The maximum atomic E-state index is 12.5. The molecule has 4 rings (SSSR count). The average molecular weight is 365 g/mol. The largest absolute Gasteiger partial charge is 0.493 e. The predicted octanol–water partition coefficient (Wildman–Crippen LogP) is 2.07. The number of amides is 2. The number of aryl methyl sites for hydroxylation is 1. The van der Waals surface area contributed by atoms with Crippen molar-refractivity contribution in [3.8, 4) is 5.75 Å². The van der Waals surface area contributed by atoms with E-state index in [1.807, 2.05) is 30.3 Å². The van der Waals surface area contributed by atoms with Crippen molar-refractivity contribution < 1.29 is 14.3 Å². The molecule has 1 aromatic heterocycles. The van der Waals surface area contributed by atoms with Gasteiger partial charge in [0, 0.05) is 25.7 Å². The van der Waals surface area contributed by atoms with Gasteiger partial charge in [0.15, 0.2) is 0 Å². The Kier molecular flexibility index (Phi) is 5.05. The van der Waals surface area contributed by atoms with Gasteiger partial charge in [-0.15, -0.1) is 0 Å². The van der Waals surface area contributed by atoms with Gasteiger partial charge in [-0.2, -0.15) is 0 Å². The quantitative estimate of drug-likeness (QED) is 0.881. The van der Waals surface area contributed by atoms with Gasteiger partial charge >= 0.3 is 0 Å². The van der Waals surface area contributed by atoms with Gasteiger partial charge in [-0.05, 0) is 42.2 Å². The summed E-state index contributed by atoms with van der Waals surface area (Å²) < 4.78 is 5.62. The van der Waals surface area contributed by atoms with E-state index >= 15 is 0 Å². The van der Waals surface area contributed by atoms with Crippen molar-refractivity contribution in [1.82, 2.24) is 15.2 Å². The van der Waals surface area contributed by atoms with Crippen LogP contribution >= 0.6 is 0 Å². The Balaban J connectivity index is 1.32. The summed E-state index contributed by atoms with van der Waals surface area (Å²) in [5, 5.41) is 2.98. The van der Waals surface area contributed by atoms with Crippen molar-refractivity contribution in [1.29, 1.82) is 0 Å². The highest BCUT2D eigenvalue weighted by molar-refractivity contribution is 5.89. The molecule has 1 N–H and O–H groups in total. The zero-order valence-electron chi connectivity index (χ0n) is 15.2. The second kappa shape index (κ2) is 7.78. The molecule has 0 radical (unpaired) electrons. The van der Waals surface area contributed by atoms with Gasteiger partial charge in [0.2, 0.25) is 11.8 Å². The molecule has 0 spiro atoms. The third kappa shape index (κ3) is 4.10. The van der Waals surface area contributed by atoms with Crippen LogP contribution in [0.2, 0.25) is 0 Å². The van der Waals surface area contributed by atoms with Gasteiger partial charge in [0.05, 0.1) is 24.8 Å². The fraction of sp³-hybridized carbons (Fsp3) is 0.381. The number of nitrogens with zero attached hydrogens (tertiary/aromatic N) is 2. The molecule has 0 aliphatic carbocycles. The fourth-order valence-electron chi connectivity index (χ4n) is 3.65. The first-order chi connectivity index (χ1) is 13.2. The van der Waals surface area contributed by atoms with Crippen molar-refractivity contribution in [2.45, 2.75) is 32.4 Å². The Hall–Kier alpha value is -2.89. The fourth-order valence-corrected chi connectivity index (χ4v) is 3.65. The number of hydrogen-bond donors (Lipinski definition) is 1. The van der Waals surface area contributed by atoms with Gasteiger partial charge in [-0.1, -0.05) is 18.2 Å². The Morgan fingerprint density at radius 2 is 2.22 bits per heavy atom. The number of aromatic nitrogens is 1. The maximum absolute atomic E-state index is 12.5. The Morgan fingerprint density at radius 3 is 3.07 bits per heavy atom. The number of fused-ring (bicyclic) bond motifs is 1. The van der Waals surface area contributed by atoms with Gasteiger partial charge < -0.3 is 15.0 Å². The number of carbonyl (C=O) groups excluding carboxylic acids is 2. The van der Waals surface area contributed by atoms with E-state index in [9.17, 15) is 9.59 Å². The molecule has 2 aromatic rings. The van der Waals surface area contributed by atoms with Gasteiger partial charge in [-0.25, -0.2) is 0 Å². The molecule has 2 amide bonds. The minimum Gasteiger partial charge on any atom is -0.493 e. The van der Waals surface area contributed by atoms with Crippen LogP contribution in [0.25, 0.3) is 0 Å². The number of rotatable bonds is 5. The molecule has 1 aromatic carbocycles. The van der Waals surface area contributed by atoms with Crippen LogP contribution in [-0.2, 0) is 29.1 Å². The number of likely N-dealkylation sites (tertiary alicyclic amines) is 1. The molecule has 6 heteroatoms. The third-order valence-corrected chi connectivity index (χ3v) is 5.10. The van der Waals surface area contributed by atoms with Gasteiger partial charge in [-0.3, -0.25) is 14.6 Å². The number of carbonyl (C=O) groups is 2. The Labute approximate surface area is 158 Å². The van der Waals surface area contributed by atoms with Crippen molar-refractivity contribution in [2.75, 3.05) is 13.2 Å². The van der Waals surface area contributed by atoms with Crippen LogP contribution in [0, 0.1) is 5.92 Å². The summed E-state index contributed by atoms with van der Waals surface area (Å²) in [6, 6.07) is 11.7. The molecule has 1 fully saturated rings. The molecule has 6 nitrogen and oxygen atoms in total. The van der Waals surface area contributed by atoms with E-state index in [1.54, 1.807) is 11.1 Å². The molecule has 2 aliphatic rings. The zero-order valence-corrected chi connectivity index (χ0v) is 15.2. The molecular weight excluding hydrogens is 342 g/mol. The molecular formula is C21H23N3O3. The van der Waals surface area contributed by atoms with Crippen LogP contribution in [0.4, 0.5) is 0 Å². The van der Waals surface area contributed by atoms with Crippen molar-refractivity contribution in [2.24, 2.45) is 5.92 Å². The lowest BCUT2D eigenvalue weighted by Gasteiger charge is -2.18. The molecule has 1 unspecified atom stereocenters. The number of hydrogen-bond acceptors (Lipinski definition) is 4. The topological polar surface area (TPSA) is 71.5 Å². The average Bonchev–Trinajstić information content (AvgIpc) is 3.07. The van der Waals surface area contributed by atoms with E-state index in [-0.39, 0.29) is 24.2 Å². The maximum Gasteiger partial charge on any atom is 0.225 e. The molecule has 0 saturated carbocycles. The highest BCUT2D eigenvalue weighted by atomic mass is 16.5. The molecule has 2 aliphatic heterocycles. The molecule has 0 bridgehead atoms. The highest BCUT2D eigenvalue weighted by Crippen LogP contribution is 2.25. The minimum atomic E-state index is -0.304. The first-order valence-electron chi connectivity index (χ1n) is 9.39. The zero-order chi connectivity index (χ0) is 18.6. The summed E-state index contributed by atoms with van der Waals surface area (Å²) in [7, 11) is 0. The summed E-state index contributed by atoms with van der Waals surface area (Å²) in [6.45, 7) is 2.14. The number of nitrogens with one attached hydrogen (secondary N) is 1. The first-order valence-corrected chi connectivity index (χ1v) is 9.39. The number of ether oxygens (including phenoxy) is 1. The predicted molar refractivity (Wildman–Crippen MR) is 99.9 cm³/mol. The lowest BCUT2D eigenvalue weighted by atomic mass is 10.0. The van der Waals surface area contributed by atoms with Crippen molar-refractivity contribution >= 4 is 11.8 Å². The van der Waals surface area contributed by atoms with Crippen LogP contribution in [0.15, 0.2) is 42.6 Å². The van der Waals surface area contributed by atoms with Crippen LogP contribution in [-0.4, -0.2) is 34.8 Å². The van der Waals surface area contributed by atoms with Gasteiger partial charge in [0.1, 0.15) is 5.75 Å². The Morgan fingerprint density at radius 1 is 1.30 bits per heavy atom. The third-order valence-electron chi connectivity index (χ3n) is 5.10. The van der Waals surface area contributed by atoms with Crippen LogP contribution in [0.3, 0.4) is 0 Å².